The Morgan fingerprint density at radius 2 is 2.17 bits per heavy atom. The Morgan fingerprint density at radius 1 is 1.33 bits per heavy atom. The Labute approximate surface area is 141 Å². The molecule has 1 aliphatic carbocycles. The highest BCUT2D eigenvalue weighted by Crippen LogP contribution is 2.39. The summed E-state index contributed by atoms with van der Waals surface area (Å²) < 4.78 is 5.32. The standard InChI is InChI=1S/C18H22N4O2/c1-11-9-15(19)7-8-22(11)18(23)14-4-2-3-13(10-14)16-20-17(24-21-16)12-5-6-12/h2-4,10-12,15H,5-9,19H2,1H3. The van der Waals surface area contributed by atoms with Crippen LogP contribution in [0.4, 0.5) is 0 Å². The van der Waals surface area contributed by atoms with Gasteiger partial charge in [0.2, 0.25) is 11.7 Å². The van der Waals surface area contributed by atoms with Crippen LogP contribution in [0.5, 0.6) is 0 Å². The zero-order valence-electron chi connectivity index (χ0n) is 13.8. The largest absolute Gasteiger partial charge is 0.339 e. The van der Waals surface area contributed by atoms with Crippen LogP contribution in [-0.2, 0) is 0 Å². The van der Waals surface area contributed by atoms with Crippen LogP contribution < -0.4 is 5.73 Å². The van der Waals surface area contributed by atoms with E-state index in [9.17, 15) is 4.79 Å². The molecule has 2 aromatic rings. The second kappa shape index (κ2) is 6.02. The Balaban J connectivity index is 1.56. The van der Waals surface area contributed by atoms with E-state index in [0.717, 1.165) is 31.2 Å². The van der Waals surface area contributed by atoms with Crippen molar-refractivity contribution in [2.24, 2.45) is 5.73 Å². The monoisotopic (exact) mass is 326 g/mol. The number of carbonyl (C=O) groups is 1. The summed E-state index contributed by atoms with van der Waals surface area (Å²) in [6.45, 7) is 2.77. The lowest BCUT2D eigenvalue weighted by molar-refractivity contribution is 0.0619. The second-order valence-corrected chi connectivity index (χ2v) is 6.94. The molecule has 2 N–H and O–H groups in total. The average Bonchev–Trinajstić information content (AvgIpc) is 3.31. The summed E-state index contributed by atoms with van der Waals surface area (Å²) >= 11 is 0. The summed E-state index contributed by atoms with van der Waals surface area (Å²) in [6.07, 6.45) is 3.94. The minimum atomic E-state index is 0.0437. The maximum Gasteiger partial charge on any atom is 0.254 e. The predicted molar refractivity (Wildman–Crippen MR) is 89.4 cm³/mol. The van der Waals surface area contributed by atoms with Crippen LogP contribution in [0.2, 0.25) is 0 Å². The van der Waals surface area contributed by atoms with E-state index in [0.29, 0.717) is 29.7 Å². The molecule has 1 saturated carbocycles. The van der Waals surface area contributed by atoms with Crippen molar-refractivity contribution in [3.05, 3.63) is 35.7 Å². The van der Waals surface area contributed by atoms with Gasteiger partial charge in [-0.2, -0.15) is 4.98 Å². The molecule has 1 amide bonds. The van der Waals surface area contributed by atoms with Gasteiger partial charge >= 0.3 is 0 Å². The zero-order valence-corrected chi connectivity index (χ0v) is 13.8. The van der Waals surface area contributed by atoms with E-state index in [2.05, 4.69) is 17.1 Å². The number of carbonyl (C=O) groups excluding carboxylic acids is 1. The summed E-state index contributed by atoms with van der Waals surface area (Å²) in [7, 11) is 0. The molecule has 1 saturated heterocycles. The third kappa shape index (κ3) is 2.94. The molecule has 4 rings (SSSR count). The molecule has 1 aromatic carbocycles. The number of nitrogens with two attached hydrogens (primary N) is 1. The minimum Gasteiger partial charge on any atom is -0.339 e. The number of aromatic nitrogens is 2. The number of hydrogen-bond acceptors (Lipinski definition) is 5. The van der Waals surface area contributed by atoms with Crippen LogP contribution in [0.3, 0.4) is 0 Å². The highest BCUT2D eigenvalue weighted by Gasteiger charge is 2.30. The lowest BCUT2D eigenvalue weighted by Gasteiger charge is -2.36. The Kier molecular flexibility index (Phi) is 3.84. The Hall–Kier alpha value is -2.21. The van der Waals surface area contributed by atoms with Crippen molar-refractivity contribution in [2.45, 2.75) is 50.6 Å². The first-order chi connectivity index (χ1) is 11.6. The van der Waals surface area contributed by atoms with Gasteiger partial charge in [0.15, 0.2) is 0 Å². The fourth-order valence-electron chi connectivity index (χ4n) is 3.32. The number of hydrogen-bond donors (Lipinski definition) is 1. The lowest BCUT2D eigenvalue weighted by atomic mass is 9.98. The molecule has 6 nitrogen and oxygen atoms in total. The smallest absolute Gasteiger partial charge is 0.254 e. The summed E-state index contributed by atoms with van der Waals surface area (Å²) in [5.41, 5.74) is 7.47. The number of benzene rings is 1. The van der Waals surface area contributed by atoms with Gasteiger partial charge in [0, 0.05) is 35.7 Å². The summed E-state index contributed by atoms with van der Waals surface area (Å²) in [4.78, 5) is 19.2. The fraction of sp³-hybridized carbons (Fsp3) is 0.500. The number of amides is 1. The van der Waals surface area contributed by atoms with Gasteiger partial charge in [-0.25, -0.2) is 0 Å². The molecule has 2 unspecified atom stereocenters. The molecule has 1 aliphatic heterocycles. The topological polar surface area (TPSA) is 85.2 Å². The van der Waals surface area contributed by atoms with Crippen LogP contribution in [0.25, 0.3) is 11.4 Å². The van der Waals surface area contributed by atoms with E-state index >= 15 is 0 Å². The van der Waals surface area contributed by atoms with Crippen molar-refractivity contribution in [2.75, 3.05) is 6.54 Å². The van der Waals surface area contributed by atoms with Gasteiger partial charge in [-0.1, -0.05) is 17.3 Å². The number of rotatable bonds is 3. The maximum absolute atomic E-state index is 12.8. The molecular formula is C18H22N4O2. The lowest BCUT2D eigenvalue weighted by Crippen LogP contribution is -2.48. The van der Waals surface area contributed by atoms with E-state index in [1.807, 2.05) is 29.2 Å². The highest BCUT2D eigenvalue weighted by atomic mass is 16.5. The van der Waals surface area contributed by atoms with Crippen molar-refractivity contribution in [3.63, 3.8) is 0 Å². The molecule has 2 atom stereocenters. The van der Waals surface area contributed by atoms with Crippen LogP contribution in [-0.4, -0.2) is 39.6 Å². The van der Waals surface area contributed by atoms with Gasteiger partial charge < -0.3 is 15.2 Å². The maximum atomic E-state index is 12.8. The van der Waals surface area contributed by atoms with Crippen molar-refractivity contribution in [1.82, 2.24) is 15.0 Å². The van der Waals surface area contributed by atoms with Crippen molar-refractivity contribution >= 4 is 5.91 Å². The summed E-state index contributed by atoms with van der Waals surface area (Å²) in [6, 6.07) is 7.83. The van der Waals surface area contributed by atoms with Crippen LogP contribution in [0, 0.1) is 0 Å². The average molecular weight is 326 g/mol. The van der Waals surface area contributed by atoms with Crippen molar-refractivity contribution in [1.29, 1.82) is 0 Å². The molecule has 24 heavy (non-hydrogen) atoms. The van der Waals surface area contributed by atoms with Gasteiger partial charge in [-0.3, -0.25) is 4.79 Å². The van der Waals surface area contributed by atoms with Crippen LogP contribution in [0.1, 0.15) is 54.8 Å². The van der Waals surface area contributed by atoms with Crippen LogP contribution in [0.15, 0.2) is 28.8 Å². The molecular weight excluding hydrogens is 304 g/mol. The van der Waals surface area contributed by atoms with E-state index in [-0.39, 0.29) is 18.0 Å². The molecule has 0 spiro atoms. The number of nitrogens with zero attached hydrogens (tertiary/aromatic N) is 3. The first kappa shape index (κ1) is 15.3. The molecule has 6 heteroatoms. The molecule has 2 heterocycles. The Morgan fingerprint density at radius 3 is 2.92 bits per heavy atom. The molecule has 126 valence electrons. The van der Waals surface area contributed by atoms with Gasteiger partial charge in [0.05, 0.1) is 0 Å². The van der Waals surface area contributed by atoms with Gasteiger partial charge in [0.25, 0.3) is 5.91 Å². The zero-order chi connectivity index (χ0) is 16.7. The highest BCUT2D eigenvalue weighted by molar-refractivity contribution is 5.95. The number of piperidine rings is 1. The molecule has 2 fully saturated rings. The fourth-order valence-corrected chi connectivity index (χ4v) is 3.32. The normalized spacial score (nSPS) is 24.2. The van der Waals surface area contributed by atoms with E-state index < -0.39 is 0 Å². The molecule has 0 bridgehead atoms. The first-order valence-corrected chi connectivity index (χ1v) is 8.62. The third-order valence-corrected chi connectivity index (χ3v) is 4.91. The first-order valence-electron chi connectivity index (χ1n) is 8.62. The van der Waals surface area contributed by atoms with Crippen LogP contribution >= 0.6 is 0 Å². The number of likely N-dealkylation sites (tertiary alicyclic amines) is 1. The van der Waals surface area contributed by atoms with E-state index in [1.54, 1.807) is 0 Å². The SMILES string of the molecule is CC1CC(N)CCN1C(=O)c1cccc(-c2noc(C3CC3)n2)c1. The molecule has 0 radical (unpaired) electrons. The van der Waals surface area contributed by atoms with Gasteiger partial charge in [-0.15, -0.1) is 0 Å². The predicted octanol–water partition coefficient (Wildman–Crippen LogP) is 2.57. The van der Waals surface area contributed by atoms with Crippen molar-refractivity contribution < 1.29 is 9.32 Å². The van der Waals surface area contributed by atoms with Gasteiger partial charge in [0.1, 0.15) is 0 Å². The summed E-state index contributed by atoms with van der Waals surface area (Å²) in [5.74, 6) is 1.73. The third-order valence-electron chi connectivity index (χ3n) is 4.91. The Bertz CT molecular complexity index is 753. The second-order valence-electron chi connectivity index (χ2n) is 6.94. The van der Waals surface area contributed by atoms with E-state index in [4.69, 9.17) is 10.3 Å². The van der Waals surface area contributed by atoms with Gasteiger partial charge in [-0.05, 0) is 44.7 Å². The quantitative estimate of drug-likeness (QED) is 0.937. The van der Waals surface area contributed by atoms with E-state index in [1.165, 1.54) is 0 Å². The molecule has 1 aromatic heterocycles. The molecule has 2 aliphatic rings. The summed E-state index contributed by atoms with van der Waals surface area (Å²) in [5, 5.41) is 4.06. The minimum absolute atomic E-state index is 0.0437. The van der Waals surface area contributed by atoms with Crippen molar-refractivity contribution in [3.8, 4) is 11.4 Å².